The van der Waals surface area contributed by atoms with Crippen LogP contribution in [0.25, 0.3) is 0 Å². The Hall–Kier alpha value is -2.73. The van der Waals surface area contributed by atoms with E-state index in [0.29, 0.717) is 11.3 Å². The van der Waals surface area contributed by atoms with Crippen molar-refractivity contribution in [3.63, 3.8) is 0 Å². The van der Waals surface area contributed by atoms with Gasteiger partial charge in [0.1, 0.15) is 12.4 Å². The normalized spacial score (nSPS) is 20.4. The summed E-state index contributed by atoms with van der Waals surface area (Å²) in [6, 6.07) is 12.5. The number of nitrogens with one attached hydrogen (secondary N) is 1. The molecule has 1 aliphatic heterocycles. The number of benzene rings is 2. The van der Waals surface area contributed by atoms with Crippen molar-refractivity contribution >= 4 is 17.5 Å². The Morgan fingerprint density at radius 2 is 1.80 bits per heavy atom. The fourth-order valence-electron chi connectivity index (χ4n) is 2.84. The van der Waals surface area contributed by atoms with E-state index in [1.165, 1.54) is 17.0 Å². The monoisotopic (exact) mass is 342 g/mol. The van der Waals surface area contributed by atoms with Crippen molar-refractivity contribution in [1.82, 2.24) is 4.90 Å². The van der Waals surface area contributed by atoms with Crippen molar-refractivity contribution in [2.75, 3.05) is 19.0 Å². The van der Waals surface area contributed by atoms with Gasteiger partial charge in [0, 0.05) is 12.7 Å². The molecule has 130 valence electrons. The molecule has 5 nitrogen and oxygen atoms in total. The van der Waals surface area contributed by atoms with Crippen LogP contribution in [0.5, 0.6) is 0 Å². The summed E-state index contributed by atoms with van der Waals surface area (Å²) in [6.07, 6.45) is -0.880. The predicted molar refractivity (Wildman–Crippen MR) is 91.5 cm³/mol. The summed E-state index contributed by atoms with van der Waals surface area (Å²) in [7, 11) is 1.62. The summed E-state index contributed by atoms with van der Waals surface area (Å²) < 4.78 is 18.7. The SMILES string of the molecule is Cc1ccc(NC(=O)[C@@H]2OCC(=O)N(C)[C@@H]2c2ccc(F)cc2)cc1. The standard InChI is InChI=1S/C19H19FN2O3/c1-12-3-9-15(10-4-12)21-19(24)18-17(22(2)16(23)11-25-18)13-5-7-14(20)8-6-13/h3-10,17-18H,11H2,1-2H3,(H,21,24)/t17-,18-/m1/s1. The fraction of sp³-hybridized carbons (Fsp3) is 0.263. The second-order valence-electron chi connectivity index (χ2n) is 6.09. The molecule has 2 amide bonds. The quantitative estimate of drug-likeness (QED) is 0.933. The van der Waals surface area contributed by atoms with Crippen molar-refractivity contribution in [1.29, 1.82) is 0 Å². The van der Waals surface area contributed by atoms with Gasteiger partial charge in [-0.2, -0.15) is 0 Å². The smallest absolute Gasteiger partial charge is 0.256 e. The lowest BCUT2D eigenvalue weighted by atomic mass is 9.97. The van der Waals surface area contributed by atoms with Crippen LogP contribution in [-0.2, 0) is 14.3 Å². The van der Waals surface area contributed by atoms with E-state index in [-0.39, 0.29) is 24.2 Å². The second-order valence-corrected chi connectivity index (χ2v) is 6.09. The number of carbonyl (C=O) groups is 2. The summed E-state index contributed by atoms with van der Waals surface area (Å²) in [5.41, 5.74) is 2.37. The topological polar surface area (TPSA) is 58.6 Å². The number of carbonyl (C=O) groups excluding carboxylic acids is 2. The molecule has 1 heterocycles. The molecule has 1 saturated heterocycles. The van der Waals surface area contributed by atoms with Gasteiger partial charge in [0.2, 0.25) is 5.91 Å². The minimum atomic E-state index is -0.880. The molecule has 2 aromatic carbocycles. The van der Waals surface area contributed by atoms with Gasteiger partial charge in [0.15, 0.2) is 6.10 Å². The van der Waals surface area contributed by atoms with Crippen LogP contribution in [0.15, 0.2) is 48.5 Å². The average Bonchev–Trinajstić information content (AvgIpc) is 2.60. The molecule has 0 bridgehead atoms. The highest BCUT2D eigenvalue weighted by atomic mass is 19.1. The first-order valence-corrected chi connectivity index (χ1v) is 7.96. The van der Waals surface area contributed by atoms with E-state index >= 15 is 0 Å². The zero-order chi connectivity index (χ0) is 18.0. The molecule has 1 N–H and O–H groups in total. The number of morpholine rings is 1. The van der Waals surface area contributed by atoms with Crippen LogP contribution in [0.3, 0.4) is 0 Å². The summed E-state index contributed by atoms with van der Waals surface area (Å²) >= 11 is 0. The number of hydrogen-bond donors (Lipinski definition) is 1. The van der Waals surface area contributed by atoms with Crippen LogP contribution in [0.4, 0.5) is 10.1 Å². The number of halogens is 1. The summed E-state index contributed by atoms with van der Waals surface area (Å²) in [4.78, 5) is 26.2. The maximum Gasteiger partial charge on any atom is 0.256 e. The summed E-state index contributed by atoms with van der Waals surface area (Å²) in [5.74, 6) is -0.957. The van der Waals surface area contributed by atoms with Gasteiger partial charge in [-0.05, 0) is 36.8 Å². The van der Waals surface area contributed by atoms with Crippen LogP contribution in [0.2, 0.25) is 0 Å². The molecule has 2 aromatic rings. The minimum absolute atomic E-state index is 0.166. The van der Waals surface area contributed by atoms with Crippen LogP contribution in [0.1, 0.15) is 17.2 Å². The molecule has 0 radical (unpaired) electrons. The highest BCUT2D eigenvalue weighted by Gasteiger charge is 2.40. The largest absolute Gasteiger partial charge is 0.356 e. The molecule has 0 aliphatic carbocycles. The van der Waals surface area contributed by atoms with Crippen LogP contribution >= 0.6 is 0 Å². The zero-order valence-corrected chi connectivity index (χ0v) is 14.0. The Bertz CT molecular complexity index is 774. The van der Waals surface area contributed by atoms with Crippen molar-refractivity contribution in [3.8, 4) is 0 Å². The molecule has 3 rings (SSSR count). The summed E-state index contributed by atoms with van der Waals surface area (Å²) in [5, 5.41) is 2.81. The number of likely N-dealkylation sites (N-methyl/N-ethyl adjacent to an activating group) is 1. The first-order chi connectivity index (χ1) is 12.0. The van der Waals surface area contributed by atoms with Gasteiger partial charge >= 0.3 is 0 Å². The highest BCUT2D eigenvalue weighted by molar-refractivity contribution is 5.96. The molecule has 1 fully saturated rings. The fourth-order valence-corrected chi connectivity index (χ4v) is 2.84. The van der Waals surface area contributed by atoms with Gasteiger partial charge in [-0.1, -0.05) is 29.8 Å². The van der Waals surface area contributed by atoms with Gasteiger partial charge < -0.3 is 15.0 Å². The Kier molecular flexibility index (Phi) is 4.81. The third-order valence-electron chi connectivity index (χ3n) is 4.27. The highest BCUT2D eigenvalue weighted by Crippen LogP contribution is 2.30. The maximum atomic E-state index is 13.2. The number of hydrogen-bond acceptors (Lipinski definition) is 3. The number of nitrogens with zero attached hydrogens (tertiary/aromatic N) is 1. The van der Waals surface area contributed by atoms with E-state index in [9.17, 15) is 14.0 Å². The van der Waals surface area contributed by atoms with Crippen LogP contribution < -0.4 is 5.32 Å². The molecule has 6 heteroatoms. The first kappa shape index (κ1) is 17.1. The second kappa shape index (κ2) is 7.03. The molecule has 0 spiro atoms. The first-order valence-electron chi connectivity index (χ1n) is 7.96. The van der Waals surface area contributed by atoms with Crippen molar-refractivity contribution in [2.45, 2.75) is 19.1 Å². The van der Waals surface area contributed by atoms with Gasteiger partial charge in [-0.25, -0.2) is 4.39 Å². The lowest BCUT2D eigenvalue weighted by Crippen LogP contribution is -2.51. The van der Waals surface area contributed by atoms with Crippen molar-refractivity contribution in [2.24, 2.45) is 0 Å². The van der Waals surface area contributed by atoms with E-state index < -0.39 is 12.1 Å². The van der Waals surface area contributed by atoms with E-state index in [0.717, 1.165) is 5.56 Å². The molecule has 0 saturated carbocycles. The van der Waals surface area contributed by atoms with Crippen LogP contribution in [0, 0.1) is 12.7 Å². The van der Waals surface area contributed by atoms with E-state index in [1.807, 2.05) is 19.1 Å². The van der Waals surface area contributed by atoms with Gasteiger partial charge in [-0.15, -0.1) is 0 Å². The molecular formula is C19H19FN2O3. The van der Waals surface area contributed by atoms with Gasteiger partial charge in [0.25, 0.3) is 5.91 Å². The Morgan fingerprint density at radius 1 is 1.16 bits per heavy atom. The van der Waals surface area contributed by atoms with Gasteiger partial charge in [-0.3, -0.25) is 9.59 Å². The number of rotatable bonds is 3. The van der Waals surface area contributed by atoms with Crippen LogP contribution in [-0.4, -0.2) is 36.5 Å². The average molecular weight is 342 g/mol. The molecule has 2 atom stereocenters. The van der Waals surface area contributed by atoms with Crippen molar-refractivity contribution < 1.29 is 18.7 Å². The van der Waals surface area contributed by atoms with Gasteiger partial charge in [0.05, 0.1) is 6.04 Å². The molecule has 1 aliphatic rings. The number of amides is 2. The zero-order valence-electron chi connectivity index (χ0n) is 14.0. The molecule has 25 heavy (non-hydrogen) atoms. The predicted octanol–water partition coefficient (Wildman–Crippen LogP) is 2.67. The number of aryl methyl sites for hydroxylation is 1. The van der Waals surface area contributed by atoms with E-state index in [1.54, 1.807) is 31.3 Å². The summed E-state index contributed by atoms with van der Waals surface area (Å²) in [6.45, 7) is 1.79. The lowest BCUT2D eigenvalue weighted by Gasteiger charge is -2.38. The Labute approximate surface area is 145 Å². The maximum absolute atomic E-state index is 13.2. The molecular weight excluding hydrogens is 323 g/mol. The molecule has 0 unspecified atom stereocenters. The third kappa shape index (κ3) is 3.69. The lowest BCUT2D eigenvalue weighted by molar-refractivity contribution is -0.160. The Balaban J connectivity index is 1.85. The molecule has 0 aromatic heterocycles. The Morgan fingerprint density at radius 3 is 2.44 bits per heavy atom. The van der Waals surface area contributed by atoms with Crippen molar-refractivity contribution in [3.05, 3.63) is 65.5 Å². The third-order valence-corrected chi connectivity index (χ3v) is 4.27. The number of anilines is 1. The number of ether oxygens (including phenoxy) is 1. The van der Waals surface area contributed by atoms with E-state index in [4.69, 9.17) is 4.74 Å². The van der Waals surface area contributed by atoms with E-state index in [2.05, 4.69) is 5.32 Å². The minimum Gasteiger partial charge on any atom is -0.356 e.